The summed E-state index contributed by atoms with van der Waals surface area (Å²) in [5.74, 6) is 0.0240. The molecule has 0 bridgehead atoms. The summed E-state index contributed by atoms with van der Waals surface area (Å²) in [6.45, 7) is 3.65. The van der Waals surface area contributed by atoms with E-state index in [1.165, 1.54) is 0 Å². The molecule has 0 radical (unpaired) electrons. The Balaban J connectivity index is 1.59. The van der Waals surface area contributed by atoms with E-state index in [4.69, 9.17) is 16.3 Å². The highest BCUT2D eigenvalue weighted by atomic mass is 35.5. The lowest BCUT2D eigenvalue weighted by Gasteiger charge is -2.33. The molecule has 1 aromatic heterocycles. The zero-order chi connectivity index (χ0) is 17.4. The van der Waals surface area contributed by atoms with Crippen LogP contribution in [0.3, 0.4) is 0 Å². The highest BCUT2D eigenvalue weighted by Gasteiger charge is 2.28. The van der Waals surface area contributed by atoms with E-state index in [9.17, 15) is 4.79 Å². The zero-order valence-electron chi connectivity index (χ0n) is 14.0. The van der Waals surface area contributed by atoms with Crippen molar-refractivity contribution in [2.75, 3.05) is 19.7 Å². The van der Waals surface area contributed by atoms with Gasteiger partial charge in [-0.05, 0) is 36.2 Å². The molecular weight excluding hydrogens is 336 g/mol. The van der Waals surface area contributed by atoms with Gasteiger partial charge in [0.25, 0.3) is 5.91 Å². The van der Waals surface area contributed by atoms with Gasteiger partial charge < -0.3 is 14.6 Å². The molecule has 1 atom stereocenters. The average molecular weight is 355 g/mol. The molecule has 3 aromatic rings. The van der Waals surface area contributed by atoms with Crippen LogP contribution in [0.15, 0.2) is 48.5 Å². The van der Waals surface area contributed by atoms with Crippen molar-refractivity contribution < 1.29 is 9.53 Å². The Bertz CT molecular complexity index is 917. The smallest absolute Gasteiger partial charge is 0.270 e. The van der Waals surface area contributed by atoms with Gasteiger partial charge in [0.05, 0.1) is 13.2 Å². The molecule has 25 heavy (non-hydrogen) atoms. The summed E-state index contributed by atoms with van der Waals surface area (Å²) < 4.78 is 5.86. The monoisotopic (exact) mass is 354 g/mol. The number of fused-ring (bicyclic) bond motifs is 1. The standard InChI is InChI=1S/C20H19ClN2O2/c1-13-16-4-2-3-5-17(16)22-19(13)20(24)23-10-11-25-18(12-23)14-6-8-15(21)9-7-14/h2-9,18,22H,10-12H2,1H3/t18-/m1/s1. The fraction of sp³-hybridized carbons (Fsp3) is 0.250. The second kappa shape index (κ2) is 6.54. The van der Waals surface area contributed by atoms with Crippen molar-refractivity contribution in [1.29, 1.82) is 0 Å². The molecule has 1 aliphatic heterocycles. The minimum atomic E-state index is -0.125. The molecule has 4 rings (SSSR count). The van der Waals surface area contributed by atoms with Crippen molar-refractivity contribution >= 4 is 28.4 Å². The number of aromatic amines is 1. The Hall–Kier alpha value is -2.30. The normalized spacial score (nSPS) is 17.8. The number of halogens is 1. The summed E-state index contributed by atoms with van der Waals surface area (Å²) in [4.78, 5) is 18.2. The number of carbonyl (C=O) groups excluding carboxylic acids is 1. The third-order valence-corrected chi connectivity index (χ3v) is 5.03. The Morgan fingerprint density at radius 1 is 1.20 bits per heavy atom. The largest absolute Gasteiger partial charge is 0.370 e. The van der Waals surface area contributed by atoms with Crippen LogP contribution in [0.5, 0.6) is 0 Å². The molecule has 0 unspecified atom stereocenters. The first-order valence-corrected chi connectivity index (χ1v) is 8.75. The third kappa shape index (κ3) is 3.03. The quantitative estimate of drug-likeness (QED) is 0.743. The van der Waals surface area contributed by atoms with Crippen molar-refractivity contribution in [2.45, 2.75) is 13.0 Å². The molecule has 5 heteroatoms. The average Bonchev–Trinajstić information content (AvgIpc) is 2.99. The number of hydrogen-bond donors (Lipinski definition) is 1. The molecule has 1 fully saturated rings. The van der Waals surface area contributed by atoms with Gasteiger partial charge in [-0.1, -0.05) is 41.9 Å². The fourth-order valence-electron chi connectivity index (χ4n) is 3.37. The van der Waals surface area contributed by atoms with Crippen molar-refractivity contribution in [3.8, 4) is 0 Å². The Morgan fingerprint density at radius 2 is 1.96 bits per heavy atom. The first-order valence-electron chi connectivity index (χ1n) is 8.37. The summed E-state index contributed by atoms with van der Waals surface area (Å²) in [5.41, 5.74) is 3.69. The number of nitrogens with one attached hydrogen (secondary N) is 1. The Labute approximate surface area is 151 Å². The van der Waals surface area contributed by atoms with Gasteiger partial charge in [0.15, 0.2) is 0 Å². The third-order valence-electron chi connectivity index (χ3n) is 4.78. The highest BCUT2D eigenvalue weighted by Crippen LogP contribution is 2.27. The Morgan fingerprint density at radius 3 is 2.72 bits per heavy atom. The molecule has 0 spiro atoms. The SMILES string of the molecule is Cc1c(C(=O)N2CCO[C@@H](c3ccc(Cl)cc3)C2)[nH]c2ccccc12. The molecular formula is C20H19ClN2O2. The van der Waals surface area contributed by atoms with Crippen LogP contribution in [-0.4, -0.2) is 35.5 Å². The van der Waals surface area contributed by atoms with Gasteiger partial charge in [0.2, 0.25) is 0 Å². The topological polar surface area (TPSA) is 45.3 Å². The van der Waals surface area contributed by atoms with E-state index in [2.05, 4.69) is 4.98 Å². The van der Waals surface area contributed by atoms with Crippen molar-refractivity contribution in [3.05, 3.63) is 70.4 Å². The van der Waals surface area contributed by atoms with E-state index in [1.54, 1.807) is 0 Å². The number of rotatable bonds is 2. The number of ether oxygens (including phenoxy) is 1. The number of H-pyrrole nitrogens is 1. The number of amides is 1. The molecule has 1 saturated heterocycles. The minimum absolute atomic E-state index is 0.0240. The molecule has 128 valence electrons. The van der Waals surface area contributed by atoms with Crippen LogP contribution < -0.4 is 0 Å². The number of aryl methyl sites for hydroxylation is 1. The van der Waals surface area contributed by atoms with Crippen molar-refractivity contribution in [1.82, 2.24) is 9.88 Å². The lowest BCUT2D eigenvalue weighted by atomic mass is 10.1. The second-order valence-electron chi connectivity index (χ2n) is 6.33. The lowest BCUT2D eigenvalue weighted by Crippen LogP contribution is -2.42. The van der Waals surface area contributed by atoms with Gasteiger partial charge in [-0.3, -0.25) is 4.79 Å². The number of nitrogens with zero attached hydrogens (tertiary/aromatic N) is 1. The summed E-state index contributed by atoms with van der Waals surface area (Å²) in [7, 11) is 0. The van der Waals surface area contributed by atoms with Crippen LogP contribution in [0.2, 0.25) is 5.02 Å². The van der Waals surface area contributed by atoms with Gasteiger partial charge in [-0.15, -0.1) is 0 Å². The number of morpholine rings is 1. The maximum atomic E-state index is 13.0. The lowest BCUT2D eigenvalue weighted by molar-refractivity contribution is -0.0230. The number of benzene rings is 2. The van der Waals surface area contributed by atoms with E-state index in [0.29, 0.717) is 30.4 Å². The molecule has 1 N–H and O–H groups in total. The van der Waals surface area contributed by atoms with Crippen LogP contribution in [0, 0.1) is 6.92 Å². The Kier molecular flexibility index (Phi) is 4.24. The summed E-state index contributed by atoms with van der Waals surface area (Å²) in [6, 6.07) is 15.6. The summed E-state index contributed by atoms with van der Waals surface area (Å²) in [5, 5.41) is 1.79. The number of para-hydroxylation sites is 1. The zero-order valence-corrected chi connectivity index (χ0v) is 14.7. The van der Waals surface area contributed by atoms with E-state index in [1.807, 2.05) is 60.4 Å². The predicted molar refractivity (Wildman–Crippen MR) is 99.1 cm³/mol. The van der Waals surface area contributed by atoms with Crippen LogP contribution in [-0.2, 0) is 4.74 Å². The van der Waals surface area contributed by atoms with Gasteiger partial charge in [-0.2, -0.15) is 0 Å². The predicted octanol–water partition coefficient (Wildman–Crippen LogP) is 4.34. The highest BCUT2D eigenvalue weighted by molar-refractivity contribution is 6.30. The molecule has 0 saturated carbocycles. The van der Waals surface area contributed by atoms with Crippen LogP contribution >= 0.6 is 11.6 Å². The van der Waals surface area contributed by atoms with E-state index in [-0.39, 0.29) is 12.0 Å². The second-order valence-corrected chi connectivity index (χ2v) is 6.77. The molecule has 2 aromatic carbocycles. The van der Waals surface area contributed by atoms with Gasteiger partial charge >= 0.3 is 0 Å². The fourth-order valence-corrected chi connectivity index (χ4v) is 3.49. The molecule has 4 nitrogen and oxygen atoms in total. The number of hydrogen-bond acceptors (Lipinski definition) is 2. The maximum absolute atomic E-state index is 13.0. The van der Waals surface area contributed by atoms with Gasteiger partial charge in [0.1, 0.15) is 11.8 Å². The molecule has 1 aliphatic rings. The van der Waals surface area contributed by atoms with Crippen LogP contribution in [0.4, 0.5) is 0 Å². The van der Waals surface area contributed by atoms with Gasteiger partial charge in [-0.25, -0.2) is 0 Å². The first-order chi connectivity index (χ1) is 12.1. The van der Waals surface area contributed by atoms with Gasteiger partial charge in [0, 0.05) is 22.5 Å². The first kappa shape index (κ1) is 16.2. The number of carbonyl (C=O) groups is 1. The molecule has 2 heterocycles. The molecule has 0 aliphatic carbocycles. The van der Waals surface area contributed by atoms with Crippen molar-refractivity contribution in [3.63, 3.8) is 0 Å². The molecule has 1 amide bonds. The maximum Gasteiger partial charge on any atom is 0.270 e. The van der Waals surface area contributed by atoms with E-state index in [0.717, 1.165) is 22.0 Å². The van der Waals surface area contributed by atoms with Crippen LogP contribution in [0.1, 0.15) is 27.7 Å². The summed E-state index contributed by atoms with van der Waals surface area (Å²) in [6.07, 6.45) is -0.125. The summed E-state index contributed by atoms with van der Waals surface area (Å²) >= 11 is 5.96. The van der Waals surface area contributed by atoms with E-state index < -0.39 is 0 Å². The van der Waals surface area contributed by atoms with E-state index >= 15 is 0 Å². The number of aromatic nitrogens is 1. The van der Waals surface area contributed by atoms with Crippen LogP contribution in [0.25, 0.3) is 10.9 Å². The van der Waals surface area contributed by atoms with Crippen molar-refractivity contribution in [2.24, 2.45) is 0 Å². The minimum Gasteiger partial charge on any atom is -0.370 e.